The van der Waals surface area contributed by atoms with Crippen LogP contribution in [-0.2, 0) is 13.1 Å². The van der Waals surface area contributed by atoms with Crippen LogP contribution in [0.5, 0.6) is 0 Å². The number of nitriles is 1. The van der Waals surface area contributed by atoms with Gasteiger partial charge in [0.1, 0.15) is 11.5 Å². The average molecular weight is 292 g/mol. The summed E-state index contributed by atoms with van der Waals surface area (Å²) in [5.41, 5.74) is 2.08. The first-order valence-corrected chi connectivity index (χ1v) is 6.72. The molecule has 1 aromatic heterocycles. The zero-order chi connectivity index (χ0) is 15.5. The molecule has 0 spiro atoms. The Kier molecular flexibility index (Phi) is 3.51. The summed E-state index contributed by atoms with van der Waals surface area (Å²) in [6.45, 7) is 1.25. The summed E-state index contributed by atoms with van der Waals surface area (Å²) in [6.07, 6.45) is 0.720. The lowest BCUT2D eigenvalue weighted by Gasteiger charge is -2.25. The van der Waals surface area contributed by atoms with Gasteiger partial charge in [-0.2, -0.15) is 5.26 Å². The highest BCUT2D eigenvalue weighted by Gasteiger charge is 2.22. The summed E-state index contributed by atoms with van der Waals surface area (Å²) in [6, 6.07) is 9.17. The lowest BCUT2D eigenvalue weighted by atomic mass is 10.1. The highest BCUT2D eigenvalue weighted by atomic mass is 16.4. The molecule has 6 nitrogen and oxygen atoms in total. The van der Waals surface area contributed by atoms with Gasteiger partial charge < -0.3 is 9.67 Å². The Morgan fingerprint density at radius 1 is 1.27 bits per heavy atom. The number of benzene rings is 1. The van der Waals surface area contributed by atoms with Crippen LogP contribution in [0.1, 0.15) is 22.6 Å². The second-order valence-electron chi connectivity index (χ2n) is 4.86. The summed E-state index contributed by atoms with van der Waals surface area (Å²) < 4.78 is 1.93. The van der Waals surface area contributed by atoms with E-state index in [1.54, 1.807) is 24.4 Å². The number of nitrogens with zero attached hydrogens (tertiary/aromatic N) is 4. The molecule has 0 aliphatic carbocycles. The van der Waals surface area contributed by atoms with E-state index in [0.29, 0.717) is 24.5 Å². The molecule has 6 heteroatoms. The van der Waals surface area contributed by atoms with Gasteiger partial charge in [-0.3, -0.25) is 4.90 Å². The van der Waals surface area contributed by atoms with E-state index in [9.17, 15) is 4.79 Å². The van der Waals surface area contributed by atoms with Gasteiger partial charge in [-0.05, 0) is 24.1 Å². The molecule has 1 amide bonds. The van der Waals surface area contributed by atoms with Crippen molar-refractivity contribution in [2.75, 3.05) is 6.54 Å². The largest absolute Gasteiger partial charge is 0.465 e. The maximum atomic E-state index is 11.0. The topological polar surface area (TPSA) is 82.2 Å². The molecule has 1 aliphatic rings. The Balaban J connectivity index is 1.86. The van der Waals surface area contributed by atoms with Crippen molar-refractivity contribution in [2.24, 2.45) is 0 Å². The molecular formula is C16H12N4O2. The van der Waals surface area contributed by atoms with Gasteiger partial charge in [0, 0.05) is 18.7 Å². The Bertz CT molecular complexity index is 836. The second-order valence-corrected chi connectivity index (χ2v) is 4.86. The zero-order valence-corrected chi connectivity index (χ0v) is 11.7. The number of carbonyl (C=O) groups is 1. The third-order valence-electron chi connectivity index (χ3n) is 3.46. The van der Waals surface area contributed by atoms with Crippen LogP contribution >= 0.6 is 0 Å². The van der Waals surface area contributed by atoms with E-state index >= 15 is 0 Å². The third-order valence-corrected chi connectivity index (χ3v) is 3.46. The monoisotopic (exact) mass is 292 g/mol. The quantitative estimate of drug-likeness (QED) is 0.748. The molecule has 3 rings (SSSR count). The molecule has 0 saturated carbocycles. The van der Waals surface area contributed by atoms with Crippen LogP contribution in [0.2, 0.25) is 0 Å². The van der Waals surface area contributed by atoms with Gasteiger partial charge in [-0.25, -0.2) is 9.78 Å². The van der Waals surface area contributed by atoms with Gasteiger partial charge in [0.15, 0.2) is 0 Å². The molecule has 1 aromatic carbocycles. The third kappa shape index (κ3) is 2.63. The molecule has 0 radical (unpaired) electrons. The number of fused-ring (bicyclic) bond motifs is 1. The first kappa shape index (κ1) is 13.7. The van der Waals surface area contributed by atoms with Crippen LogP contribution < -0.4 is 0 Å². The lowest BCUT2D eigenvalue weighted by Crippen LogP contribution is -2.37. The van der Waals surface area contributed by atoms with E-state index in [2.05, 4.69) is 22.9 Å². The predicted molar refractivity (Wildman–Crippen MR) is 77.8 cm³/mol. The van der Waals surface area contributed by atoms with Crippen LogP contribution in [0.15, 0.2) is 30.5 Å². The minimum absolute atomic E-state index is 0.279. The predicted octanol–water partition coefficient (Wildman–Crippen LogP) is 1.65. The second kappa shape index (κ2) is 5.63. The molecule has 2 heterocycles. The van der Waals surface area contributed by atoms with E-state index < -0.39 is 6.09 Å². The number of rotatable bonds is 0. The van der Waals surface area contributed by atoms with Crippen molar-refractivity contribution in [3.05, 3.63) is 53.1 Å². The van der Waals surface area contributed by atoms with Crippen molar-refractivity contribution >= 4 is 6.09 Å². The first-order valence-electron chi connectivity index (χ1n) is 6.72. The first-order chi connectivity index (χ1) is 10.7. The molecule has 0 atom stereocenters. The maximum Gasteiger partial charge on any atom is 0.407 e. The summed E-state index contributed by atoms with van der Waals surface area (Å²) in [5.74, 6) is 6.75. The van der Waals surface area contributed by atoms with Gasteiger partial charge in [0.2, 0.25) is 0 Å². The molecule has 2 aromatic rings. The highest BCUT2D eigenvalue weighted by molar-refractivity contribution is 5.65. The van der Waals surface area contributed by atoms with Gasteiger partial charge >= 0.3 is 6.09 Å². The summed E-state index contributed by atoms with van der Waals surface area (Å²) in [5, 5.41) is 17.9. The van der Waals surface area contributed by atoms with E-state index in [-0.39, 0.29) is 6.54 Å². The Hall–Kier alpha value is -3.25. The molecular weight excluding hydrogens is 280 g/mol. The standard InChI is InChI=1S/C16H12N4O2/c17-9-13-3-1-2-12(8-13)4-5-14-10-18-15-11-19(16(21)22)6-7-20(14)15/h1-3,8,10H,6-7,11H2,(H,21,22). The maximum absolute atomic E-state index is 11.0. The van der Waals surface area contributed by atoms with E-state index in [1.807, 2.05) is 10.6 Å². The number of hydrogen-bond donors (Lipinski definition) is 1. The van der Waals surface area contributed by atoms with Gasteiger partial charge in [0.05, 0.1) is 24.4 Å². The molecule has 1 N–H and O–H groups in total. The molecule has 108 valence electrons. The van der Waals surface area contributed by atoms with Crippen LogP contribution in [0.4, 0.5) is 4.79 Å². The summed E-state index contributed by atoms with van der Waals surface area (Å²) in [7, 11) is 0. The number of aromatic nitrogens is 2. The van der Waals surface area contributed by atoms with Crippen LogP contribution in [0, 0.1) is 23.2 Å². The van der Waals surface area contributed by atoms with Crippen LogP contribution in [0.25, 0.3) is 0 Å². The van der Waals surface area contributed by atoms with Gasteiger partial charge in [0.25, 0.3) is 0 Å². The number of hydrogen-bond acceptors (Lipinski definition) is 3. The van der Waals surface area contributed by atoms with Crippen molar-refractivity contribution in [1.29, 1.82) is 5.26 Å². The van der Waals surface area contributed by atoms with Crippen molar-refractivity contribution in [3.63, 3.8) is 0 Å². The lowest BCUT2D eigenvalue weighted by molar-refractivity contribution is 0.131. The van der Waals surface area contributed by atoms with Crippen LogP contribution in [0.3, 0.4) is 0 Å². The molecule has 0 unspecified atom stereocenters. The molecule has 0 fully saturated rings. The van der Waals surface area contributed by atoms with Crippen molar-refractivity contribution in [1.82, 2.24) is 14.5 Å². The Labute approximate surface area is 127 Å². The molecule has 22 heavy (non-hydrogen) atoms. The number of amides is 1. The van der Waals surface area contributed by atoms with Gasteiger partial charge in [-0.15, -0.1) is 0 Å². The van der Waals surface area contributed by atoms with Crippen LogP contribution in [-0.4, -0.2) is 32.2 Å². The normalized spacial score (nSPS) is 12.8. The van der Waals surface area contributed by atoms with E-state index in [4.69, 9.17) is 10.4 Å². The minimum atomic E-state index is -0.935. The summed E-state index contributed by atoms with van der Waals surface area (Å²) in [4.78, 5) is 16.5. The van der Waals surface area contributed by atoms with Crippen molar-refractivity contribution in [3.8, 4) is 17.9 Å². The van der Waals surface area contributed by atoms with Crippen molar-refractivity contribution < 1.29 is 9.90 Å². The van der Waals surface area contributed by atoms with E-state index in [0.717, 1.165) is 11.3 Å². The SMILES string of the molecule is N#Cc1cccc(C#Cc2cnc3n2CCN(C(=O)O)C3)c1. The smallest absolute Gasteiger partial charge is 0.407 e. The van der Waals surface area contributed by atoms with E-state index in [1.165, 1.54) is 4.90 Å². The highest BCUT2D eigenvalue weighted by Crippen LogP contribution is 2.14. The fraction of sp³-hybridized carbons (Fsp3) is 0.188. The number of carboxylic acid groups (broad SMARTS) is 1. The fourth-order valence-electron chi connectivity index (χ4n) is 2.33. The Morgan fingerprint density at radius 2 is 2.09 bits per heavy atom. The summed E-state index contributed by atoms with van der Waals surface area (Å²) >= 11 is 0. The molecule has 0 saturated heterocycles. The van der Waals surface area contributed by atoms with Gasteiger partial charge in [-0.1, -0.05) is 12.0 Å². The fourth-order valence-corrected chi connectivity index (χ4v) is 2.33. The minimum Gasteiger partial charge on any atom is -0.465 e. The molecule has 0 bridgehead atoms. The zero-order valence-electron chi connectivity index (χ0n) is 11.7. The Morgan fingerprint density at radius 3 is 2.86 bits per heavy atom. The molecule has 1 aliphatic heterocycles. The number of imidazole rings is 1. The van der Waals surface area contributed by atoms with Crippen molar-refractivity contribution in [2.45, 2.75) is 13.1 Å². The average Bonchev–Trinajstić information content (AvgIpc) is 2.95.